The third-order valence-electron chi connectivity index (χ3n) is 2.15. The largest absolute Gasteiger partial charge is 0.305 e. The summed E-state index contributed by atoms with van der Waals surface area (Å²) in [5.74, 6) is 0.722. The van der Waals surface area contributed by atoms with Crippen LogP contribution in [0.15, 0.2) is 11.4 Å². The summed E-state index contributed by atoms with van der Waals surface area (Å²) in [4.78, 5) is 3.77. The van der Waals surface area contributed by atoms with Crippen LogP contribution in [0.4, 0.5) is 0 Å². The van der Waals surface area contributed by atoms with Crippen LogP contribution in [0.1, 0.15) is 10.4 Å². The monoisotopic (exact) mass is 217 g/mol. The fourth-order valence-electron chi connectivity index (χ4n) is 1.21. The van der Waals surface area contributed by atoms with Crippen LogP contribution in [0.3, 0.4) is 0 Å². The molecule has 74 valence electrons. The third-order valence-corrected chi connectivity index (χ3v) is 3.41. The van der Waals surface area contributed by atoms with E-state index in [2.05, 4.69) is 30.3 Å². The van der Waals surface area contributed by atoms with Crippen LogP contribution >= 0.6 is 22.9 Å². The van der Waals surface area contributed by atoms with Crippen molar-refractivity contribution >= 4 is 22.9 Å². The second-order valence-electron chi connectivity index (χ2n) is 3.27. The maximum Gasteiger partial charge on any atom is 0.0351 e. The molecule has 0 atom stereocenters. The van der Waals surface area contributed by atoms with Gasteiger partial charge in [0, 0.05) is 23.8 Å². The molecule has 1 aromatic rings. The normalized spacial score (nSPS) is 11.1. The zero-order chi connectivity index (χ0) is 9.68. The Labute approximate surface area is 89.3 Å². The molecule has 0 amide bonds. The SMILES string of the molecule is Cc1ccsc1CCN(C)CCCl. The number of nitrogens with zero attached hydrogens (tertiary/aromatic N) is 1. The molecular weight excluding hydrogens is 202 g/mol. The summed E-state index contributed by atoms with van der Waals surface area (Å²) in [5, 5.41) is 2.16. The molecule has 0 aliphatic rings. The van der Waals surface area contributed by atoms with Gasteiger partial charge in [-0.3, -0.25) is 0 Å². The zero-order valence-electron chi connectivity index (χ0n) is 8.22. The summed E-state index contributed by atoms with van der Waals surface area (Å²) in [6.45, 7) is 4.26. The molecule has 1 heterocycles. The number of halogens is 1. The van der Waals surface area contributed by atoms with Crippen molar-refractivity contribution in [3.8, 4) is 0 Å². The summed E-state index contributed by atoms with van der Waals surface area (Å²) in [6.07, 6.45) is 1.15. The first-order valence-electron chi connectivity index (χ1n) is 4.51. The van der Waals surface area contributed by atoms with E-state index in [0.29, 0.717) is 0 Å². The van der Waals surface area contributed by atoms with Crippen molar-refractivity contribution in [2.45, 2.75) is 13.3 Å². The molecule has 0 unspecified atom stereocenters. The fourth-order valence-corrected chi connectivity index (χ4v) is 2.40. The van der Waals surface area contributed by atoms with Crippen LogP contribution in [-0.2, 0) is 6.42 Å². The van der Waals surface area contributed by atoms with E-state index in [1.165, 1.54) is 10.4 Å². The van der Waals surface area contributed by atoms with Crippen LogP contribution in [0, 0.1) is 6.92 Å². The van der Waals surface area contributed by atoms with Crippen molar-refractivity contribution in [3.63, 3.8) is 0 Å². The van der Waals surface area contributed by atoms with Crippen LogP contribution in [0.2, 0.25) is 0 Å². The molecule has 0 bridgehead atoms. The predicted molar refractivity (Wildman–Crippen MR) is 61.0 cm³/mol. The number of thiophene rings is 1. The number of alkyl halides is 1. The molecule has 13 heavy (non-hydrogen) atoms. The molecule has 0 aliphatic heterocycles. The lowest BCUT2D eigenvalue weighted by Crippen LogP contribution is -2.23. The molecule has 0 N–H and O–H groups in total. The predicted octanol–water partition coefficient (Wildman–Crippen LogP) is 2.77. The van der Waals surface area contributed by atoms with Crippen molar-refractivity contribution in [2.24, 2.45) is 0 Å². The molecule has 0 fully saturated rings. The molecule has 0 spiro atoms. The van der Waals surface area contributed by atoms with E-state index in [4.69, 9.17) is 11.6 Å². The zero-order valence-corrected chi connectivity index (χ0v) is 9.79. The Hall–Kier alpha value is -0.0500. The van der Waals surface area contributed by atoms with Crippen LogP contribution < -0.4 is 0 Å². The van der Waals surface area contributed by atoms with Gasteiger partial charge in [-0.2, -0.15) is 0 Å². The maximum atomic E-state index is 5.65. The second kappa shape index (κ2) is 5.63. The second-order valence-corrected chi connectivity index (χ2v) is 4.65. The average molecular weight is 218 g/mol. The minimum absolute atomic E-state index is 0.722. The number of likely N-dealkylation sites (N-methyl/N-ethyl adjacent to an activating group) is 1. The lowest BCUT2D eigenvalue weighted by Gasteiger charge is -2.13. The molecule has 3 heteroatoms. The van der Waals surface area contributed by atoms with Crippen LogP contribution in [0.5, 0.6) is 0 Å². The number of rotatable bonds is 5. The lowest BCUT2D eigenvalue weighted by atomic mass is 10.2. The first-order valence-corrected chi connectivity index (χ1v) is 5.93. The van der Waals surface area contributed by atoms with E-state index in [0.717, 1.165) is 25.4 Å². The van der Waals surface area contributed by atoms with Crippen molar-refractivity contribution in [3.05, 3.63) is 21.9 Å². The van der Waals surface area contributed by atoms with Gasteiger partial charge in [0.2, 0.25) is 0 Å². The summed E-state index contributed by atoms with van der Waals surface area (Å²) in [7, 11) is 2.12. The number of hydrogen-bond acceptors (Lipinski definition) is 2. The Morgan fingerprint density at radius 1 is 1.46 bits per heavy atom. The standard InChI is InChI=1S/C10H16ClNS/c1-9-4-8-13-10(9)3-6-12(2)7-5-11/h4,8H,3,5-7H2,1-2H3. The van der Waals surface area contributed by atoms with Gasteiger partial charge in [0.05, 0.1) is 0 Å². The molecule has 0 saturated heterocycles. The van der Waals surface area contributed by atoms with Gasteiger partial charge in [0.15, 0.2) is 0 Å². The van der Waals surface area contributed by atoms with Crippen LogP contribution in [-0.4, -0.2) is 30.9 Å². The van der Waals surface area contributed by atoms with E-state index in [1.807, 2.05) is 11.3 Å². The van der Waals surface area contributed by atoms with Gasteiger partial charge in [-0.1, -0.05) is 0 Å². The van der Waals surface area contributed by atoms with E-state index in [-0.39, 0.29) is 0 Å². The molecular formula is C10H16ClNS. The van der Waals surface area contributed by atoms with E-state index in [9.17, 15) is 0 Å². The quantitative estimate of drug-likeness (QED) is 0.686. The summed E-state index contributed by atoms with van der Waals surface area (Å²) in [6, 6.07) is 2.18. The highest BCUT2D eigenvalue weighted by Gasteiger charge is 2.01. The Bertz CT molecular complexity index is 247. The minimum atomic E-state index is 0.722. The van der Waals surface area contributed by atoms with Gasteiger partial charge in [0.25, 0.3) is 0 Å². The highest BCUT2D eigenvalue weighted by molar-refractivity contribution is 7.10. The van der Waals surface area contributed by atoms with Gasteiger partial charge in [-0.15, -0.1) is 22.9 Å². The van der Waals surface area contributed by atoms with Crippen molar-refractivity contribution in [2.75, 3.05) is 26.0 Å². The summed E-state index contributed by atoms with van der Waals surface area (Å²) < 4.78 is 0. The third kappa shape index (κ3) is 3.67. The van der Waals surface area contributed by atoms with E-state index in [1.54, 1.807) is 0 Å². The Balaban J connectivity index is 2.30. The number of hydrogen-bond donors (Lipinski definition) is 0. The highest BCUT2D eigenvalue weighted by Crippen LogP contribution is 2.15. The first kappa shape index (κ1) is 11.0. The van der Waals surface area contributed by atoms with E-state index < -0.39 is 0 Å². The lowest BCUT2D eigenvalue weighted by molar-refractivity contribution is 0.360. The molecule has 0 aliphatic carbocycles. The Morgan fingerprint density at radius 3 is 2.77 bits per heavy atom. The molecule has 1 nitrogen and oxygen atoms in total. The minimum Gasteiger partial charge on any atom is -0.305 e. The highest BCUT2D eigenvalue weighted by atomic mass is 35.5. The maximum absolute atomic E-state index is 5.65. The molecule has 1 aromatic heterocycles. The van der Waals surface area contributed by atoms with Gasteiger partial charge in [0.1, 0.15) is 0 Å². The van der Waals surface area contributed by atoms with Gasteiger partial charge in [-0.25, -0.2) is 0 Å². The molecule has 0 radical (unpaired) electrons. The Morgan fingerprint density at radius 2 is 2.23 bits per heavy atom. The van der Waals surface area contributed by atoms with Gasteiger partial charge < -0.3 is 4.90 Å². The number of aryl methyl sites for hydroxylation is 1. The van der Waals surface area contributed by atoms with Gasteiger partial charge >= 0.3 is 0 Å². The topological polar surface area (TPSA) is 3.24 Å². The molecule has 0 aromatic carbocycles. The van der Waals surface area contributed by atoms with Gasteiger partial charge in [-0.05, 0) is 37.4 Å². The smallest absolute Gasteiger partial charge is 0.0351 e. The first-order chi connectivity index (χ1) is 6.24. The van der Waals surface area contributed by atoms with Crippen molar-refractivity contribution in [1.29, 1.82) is 0 Å². The molecule has 0 saturated carbocycles. The summed E-state index contributed by atoms with van der Waals surface area (Å²) >= 11 is 7.50. The summed E-state index contributed by atoms with van der Waals surface area (Å²) in [5.41, 5.74) is 1.42. The fraction of sp³-hybridized carbons (Fsp3) is 0.600. The van der Waals surface area contributed by atoms with Crippen molar-refractivity contribution < 1.29 is 0 Å². The molecule has 1 rings (SSSR count). The van der Waals surface area contributed by atoms with E-state index >= 15 is 0 Å². The average Bonchev–Trinajstić information content (AvgIpc) is 2.48. The van der Waals surface area contributed by atoms with Crippen molar-refractivity contribution in [1.82, 2.24) is 4.90 Å². The van der Waals surface area contributed by atoms with Crippen LogP contribution in [0.25, 0.3) is 0 Å². The Kier molecular flexibility index (Phi) is 4.78.